The van der Waals surface area contributed by atoms with Crippen LogP contribution in [0.25, 0.3) is 0 Å². The number of ether oxygens (including phenoxy) is 2. The van der Waals surface area contributed by atoms with Gasteiger partial charge < -0.3 is 29.9 Å². The van der Waals surface area contributed by atoms with Crippen LogP contribution >= 0.6 is 0 Å². The topological polar surface area (TPSA) is 99.4 Å². The highest BCUT2D eigenvalue weighted by molar-refractivity contribution is 5.63. The van der Waals surface area contributed by atoms with Gasteiger partial charge in [-0.2, -0.15) is 0 Å². The zero-order valence-electron chi connectivity index (χ0n) is 13.8. The number of hydrogen-bond acceptors (Lipinski definition) is 6. The average molecular weight is 344 g/mol. The van der Waals surface area contributed by atoms with Crippen molar-refractivity contribution in [2.45, 2.75) is 31.3 Å². The molecule has 0 saturated heterocycles. The number of aromatic hydroxyl groups is 3. The summed E-state index contributed by atoms with van der Waals surface area (Å²) in [5.74, 6) is -0.341. The summed E-state index contributed by atoms with van der Waals surface area (Å²) in [6, 6.07) is 6.38. The molecular weight excluding hydrogens is 324 g/mol. The Balaban J connectivity index is 1.84. The Bertz CT molecular complexity index is 846. The van der Waals surface area contributed by atoms with Gasteiger partial charge >= 0.3 is 0 Å². The Morgan fingerprint density at radius 1 is 1.16 bits per heavy atom. The number of aliphatic hydroxyl groups is 1. The highest BCUT2D eigenvalue weighted by atomic mass is 16.5. The molecule has 2 atom stereocenters. The molecule has 1 heterocycles. The third-order valence-corrected chi connectivity index (χ3v) is 4.95. The van der Waals surface area contributed by atoms with Crippen molar-refractivity contribution >= 4 is 0 Å². The van der Waals surface area contributed by atoms with Gasteiger partial charge in [-0.1, -0.05) is 13.0 Å². The minimum Gasteiger partial charge on any atom is -0.504 e. The maximum atomic E-state index is 11.1. The molecular formula is C19H20O6. The quantitative estimate of drug-likeness (QED) is 0.638. The first kappa shape index (κ1) is 15.9. The van der Waals surface area contributed by atoms with E-state index in [1.807, 2.05) is 6.92 Å². The number of phenolic OH excluding ortho intramolecular Hbond substituents is 3. The van der Waals surface area contributed by atoms with Crippen LogP contribution in [-0.4, -0.2) is 39.2 Å². The van der Waals surface area contributed by atoms with E-state index >= 15 is 0 Å². The van der Waals surface area contributed by atoms with Gasteiger partial charge in [0.1, 0.15) is 12.2 Å². The van der Waals surface area contributed by atoms with Gasteiger partial charge in [-0.3, -0.25) is 0 Å². The lowest BCUT2D eigenvalue weighted by molar-refractivity contribution is -0.0228. The molecule has 0 bridgehead atoms. The largest absolute Gasteiger partial charge is 0.504 e. The third kappa shape index (κ3) is 2.28. The average Bonchev–Trinajstić information content (AvgIpc) is 2.86. The van der Waals surface area contributed by atoms with Gasteiger partial charge in [0.25, 0.3) is 0 Å². The molecule has 6 nitrogen and oxygen atoms in total. The molecule has 0 saturated carbocycles. The fourth-order valence-electron chi connectivity index (χ4n) is 3.84. The van der Waals surface area contributed by atoms with Crippen molar-refractivity contribution in [2.75, 3.05) is 13.2 Å². The van der Waals surface area contributed by atoms with E-state index in [0.29, 0.717) is 30.1 Å². The number of phenols is 3. The smallest absolute Gasteiger partial charge is 0.201 e. The summed E-state index contributed by atoms with van der Waals surface area (Å²) in [6.45, 7) is 2.46. The molecule has 6 heteroatoms. The van der Waals surface area contributed by atoms with E-state index in [-0.39, 0.29) is 23.9 Å². The molecule has 2 unspecified atom stereocenters. The van der Waals surface area contributed by atoms with Gasteiger partial charge in [0.2, 0.25) is 5.75 Å². The second-order valence-corrected chi connectivity index (χ2v) is 6.72. The Morgan fingerprint density at radius 3 is 2.68 bits per heavy atom. The van der Waals surface area contributed by atoms with Crippen LogP contribution in [0.2, 0.25) is 0 Å². The first-order chi connectivity index (χ1) is 11.9. The molecule has 2 aromatic rings. The van der Waals surface area contributed by atoms with E-state index in [2.05, 4.69) is 0 Å². The van der Waals surface area contributed by atoms with E-state index in [1.54, 1.807) is 12.1 Å². The predicted molar refractivity (Wildman–Crippen MR) is 89.7 cm³/mol. The minimum absolute atomic E-state index is 0.00562. The number of benzene rings is 2. The number of hydrogen-bond donors (Lipinski definition) is 4. The molecule has 0 amide bonds. The van der Waals surface area contributed by atoms with Crippen LogP contribution in [-0.2, 0) is 6.42 Å². The highest BCUT2D eigenvalue weighted by Crippen LogP contribution is 2.55. The maximum absolute atomic E-state index is 11.1. The predicted octanol–water partition coefficient (Wildman–Crippen LogP) is 2.40. The van der Waals surface area contributed by atoms with E-state index in [0.717, 1.165) is 17.5 Å². The lowest BCUT2D eigenvalue weighted by Crippen LogP contribution is -2.43. The molecule has 0 aromatic heterocycles. The van der Waals surface area contributed by atoms with Crippen LogP contribution in [0, 0.1) is 0 Å². The lowest BCUT2D eigenvalue weighted by Gasteiger charge is -2.36. The Labute approximate surface area is 144 Å². The summed E-state index contributed by atoms with van der Waals surface area (Å²) in [4.78, 5) is 0. The monoisotopic (exact) mass is 344 g/mol. The Hall–Kier alpha value is -2.60. The van der Waals surface area contributed by atoms with Gasteiger partial charge in [-0.25, -0.2) is 0 Å². The van der Waals surface area contributed by atoms with E-state index in [9.17, 15) is 20.4 Å². The van der Waals surface area contributed by atoms with E-state index < -0.39 is 11.5 Å². The summed E-state index contributed by atoms with van der Waals surface area (Å²) in [6.07, 6.45) is 1.12. The molecule has 4 N–H and O–H groups in total. The molecule has 0 spiro atoms. The van der Waals surface area contributed by atoms with Crippen molar-refractivity contribution in [1.82, 2.24) is 0 Å². The van der Waals surface area contributed by atoms with Crippen molar-refractivity contribution in [3.63, 3.8) is 0 Å². The summed E-state index contributed by atoms with van der Waals surface area (Å²) in [5, 5.41) is 41.2. The lowest BCUT2D eigenvalue weighted by atomic mass is 9.80. The Kier molecular flexibility index (Phi) is 3.47. The van der Waals surface area contributed by atoms with Gasteiger partial charge in [0.15, 0.2) is 23.0 Å². The molecule has 4 rings (SSSR count). The van der Waals surface area contributed by atoms with Crippen molar-refractivity contribution < 1.29 is 29.9 Å². The van der Waals surface area contributed by atoms with Crippen molar-refractivity contribution in [2.24, 2.45) is 0 Å². The standard InChI is InChI=1S/C19H20O6/c1-2-5-24-15-4-3-11-16-12-7-14(21)13(20)6-10(12)8-19(16,23)9-25-18(11)17(15)22/h3-4,6-7,16,20-23H,2,5,8-9H2,1H3. The maximum Gasteiger partial charge on any atom is 0.201 e. The van der Waals surface area contributed by atoms with Gasteiger partial charge in [-0.15, -0.1) is 0 Å². The van der Waals surface area contributed by atoms with Crippen LogP contribution in [0.4, 0.5) is 0 Å². The summed E-state index contributed by atoms with van der Waals surface area (Å²) in [7, 11) is 0. The first-order valence-corrected chi connectivity index (χ1v) is 8.33. The van der Waals surface area contributed by atoms with Crippen LogP contribution in [0.1, 0.15) is 36.0 Å². The summed E-state index contributed by atoms with van der Waals surface area (Å²) < 4.78 is 11.2. The molecule has 0 fully saturated rings. The van der Waals surface area contributed by atoms with Crippen LogP contribution in [0.5, 0.6) is 28.7 Å². The molecule has 1 aliphatic carbocycles. The van der Waals surface area contributed by atoms with Crippen LogP contribution in [0.3, 0.4) is 0 Å². The fraction of sp³-hybridized carbons (Fsp3) is 0.368. The molecule has 2 aliphatic rings. The highest BCUT2D eigenvalue weighted by Gasteiger charge is 2.51. The molecule has 1 aliphatic heterocycles. The van der Waals surface area contributed by atoms with Gasteiger partial charge in [0, 0.05) is 17.9 Å². The number of fused-ring (bicyclic) bond motifs is 5. The van der Waals surface area contributed by atoms with Crippen LogP contribution in [0.15, 0.2) is 24.3 Å². The van der Waals surface area contributed by atoms with Crippen molar-refractivity contribution in [3.8, 4) is 28.7 Å². The van der Waals surface area contributed by atoms with Crippen molar-refractivity contribution in [3.05, 3.63) is 41.0 Å². The third-order valence-electron chi connectivity index (χ3n) is 4.95. The minimum atomic E-state index is -1.19. The van der Waals surface area contributed by atoms with E-state index in [4.69, 9.17) is 9.47 Å². The summed E-state index contributed by atoms with van der Waals surface area (Å²) in [5.41, 5.74) is 0.932. The van der Waals surface area contributed by atoms with Crippen LogP contribution < -0.4 is 9.47 Å². The zero-order valence-corrected chi connectivity index (χ0v) is 13.8. The second-order valence-electron chi connectivity index (χ2n) is 6.72. The summed E-state index contributed by atoms with van der Waals surface area (Å²) >= 11 is 0. The molecule has 25 heavy (non-hydrogen) atoms. The molecule has 2 aromatic carbocycles. The molecule has 0 radical (unpaired) electrons. The van der Waals surface area contributed by atoms with Crippen molar-refractivity contribution in [1.29, 1.82) is 0 Å². The molecule has 132 valence electrons. The van der Waals surface area contributed by atoms with Gasteiger partial charge in [0.05, 0.1) is 6.61 Å². The fourth-order valence-corrected chi connectivity index (χ4v) is 3.84. The Morgan fingerprint density at radius 2 is 1.92 bits per heavy atom. The second kappa shape index (κ2) is 5.46. The zero-order chi connectivity index (χ0) is 17.8. The number of rotatable bonds is 3. The first-order valence-electron chi connectivity index (χ1n) is 8.33. The van der Waals surface area contributed by atoms with E-state index in [1.165, 1.54) is 12.1 Å². The SMILES string of the molecule is CCCOc1ccc2c(c1O)OCC1(O)Cc3cc(O)c(O)cc3C21. The van der Waals surface area contributed by atoms with Gasteiger partial charge in [-0.05, 0) is 35.7 Å². The normalized spacial score (nSPS) is 23.4.